The lowest BCUT2D eigenvalue weighted by molar-refractivity contribution is 0.313. The molecule has 0 spiro atoms. The molecule has 5 aromatic rings. The van der Waals surface area contributed by atoms with Gasteiger partial charge in [0.2, 0.25) is 0 Å². The zero-order valence-corrected chi connectivity index (χ0v) is 19.6. The molecule has 0 atom stereocenters. The molecule has 0 saturated carbocycles. The Morgan fingerprint density at radius 2 is 1.82 bits per heavy atom. The Morgan fingerprint density at radius 3 is 2.65 bits per heavy atom. The number of anilines is 1. The summed E-state index contributed by atoms with van der Waals surface area (Å²) in [6.45, 7) is 6.20. The van der Waals surface area contributed by atoms with Gasteiger partial charge in [-0.3, -0.25) is 10.1 Å². The fourth-order valence-corrected chi connectivity index (χ4v) is 4.76. The summed E-state index contributed by atoms with van der Waals surface area (Å²) in [4.78, 5) is 17.6. The number of H-pyrrole nitrogens is 2. The lowest BCUT2D eigenvalue weighted by atomic mass is 10.1. The highest BCUT2D eigenvalue weighted by molar-refractivity contribution is 5.99. The molecule has 1 saturated heterocycles. The van der Waals surface area contributed by atoms with Gasteiger partial charge in [0.1, 0.15) is 17.1 Å². The lowest BCUT2D eigenvalue weighted by Crippen LogP contribution is -2.44. The van der Waals surface area contributed by atoms with Crippen LogP contribution in [0.25, 0.3) is 44.6 Å². The van der Waals surface area contributed by atoms with Crippen LogP contribution >= 0.6 is 0 Å². The van der Waals surface area contributed by atoms with E-state index in [1.54, 1.807) is 7.11 Å². The minimum Gasteiger partial charge on any atom is -0.497 e. The molecule has 2 N–H and O–H groups in total. The molecule has 34 heavy (non-hydrogen) atoms. The van der Waals surface area contributed by atoms with Crippen LogP contribution in [-0.2, 0) is 0 Å². The van der Waals surface area contributed by atoms with Crippen molar-refractivity contribution in [3.05, 3.63) is 54.4 Å². The van der Waals surface area contributed by atoms with Crippen molar-refractivity contribution in [1.82, 2.24) is 30.0 Å². The Kier molecular flexibility index (Phi) is 4.95. The van der Waals surface area contributed by atoms with E-state index in [0.717, 1.165) is 82.1 Å². The number of rotatable bonds is 4. The smallest absolute Gasteiger partial charge is 0.139 e. The number of hydrogen-bond donors (Lipinski definition) is 2. The maximum Gasteiger partial charge on any atom is 0.139 e. The molecular formula is C26H27N7O. The molecule has 6 rings (SSSR count). The highest BCUT2D eigenvalue weighted by Gasteiger charge is 2.19. The Morgan fingerprint density at radius 1 is 0.971 bits per heavy atom. The Bertz CT molecular complexity index is 1490. The second kappa shape index (κ2) is 8.14. The molecule has 1 aromatic carbocycles. The van der Waals surface area contributed by atoms with Crippen molar-refractivity contribution in [3.8, 4) is 28.4 Å². The number of piperazine rings is 1. The molecule has 0 unspecified atom stereocenters. The molecular weight excluding hydrogens is 426 g/mol. The molecule has 1 fully saturated rings. The number of methoxy groups -OCH3 is 1. The van der Waals surface area contributed by atoms with Crippen LogP contribution in [0.3, 0.4) is 0 Å². The first-order chi connectivity index (χ1) is 16.6. The number of ether oxygens (including phenoxy) is 1. The molecule has 4 aromatic heterocycles. The summed E-state index contributed by atoms with van der Waals surface area (Å²) >= 11 is 0. The van der Waals surface area contributed by atoms with Crippen molar-refractivity contribution < 1.29 is 4.74 Å². The fourth-order valence-electron chi connectivity index (χ4n) is 4.76. The van der Waals surface area contributed by atoms with E-state index in [2.05, 4.69) is 73.2 Å². The van der Waals surface area contributed by atoms with Crippen molar-refractivity contribution in [2.75, 3.05) is 45.2 Å². The van der Waals surface area contributed by atoms with Gasteiger partial charge in [-0.05, 0) is 55.9 Å². The average molecular weight is 454 g/mol. The summed E-state index contributed by atoms with van der Waals surface area (Å²) in [5.74, 6) is 0.822. The van der Waals surface area contributed by atoms with E-state index < -0.39 is 0 Å². The number of aromatic nitrogens is 5. The van der Waals surface area contributed by atoms with E-state index in [0.29, 0.717) is 0 Å². The second-order valence-corrected chi connectivity index (χ2v) is 8.99. The first-order valence-electron chi connectivity index (χ1n) is 11.5. The molecule has 8 nitrogen and oxygen atoms in total. The molecule has 5 heterocycles. The van der Waals surface area contributed by atoms with Crippen molar-refractivity contribution >= 4 is 27.6 Å². The third kappa shape index (κ3) is 3.56. The summed E-state index contributed by atoms with van der Waals surface area (Å²) < 4.78 is 5.46. The summed E-state index contributed by atoms with van der Waals surface area (Å²) in [7, 11) is 3.86. The Hall–Kier alpha value is -3.91. The minimum absolute atomic E-state index is 0.822. The van der Waals surface area contributed by atoms with Crippen molar-refractivity contribution in [1.29, 1.82) is 0 Å². The lowest BCUT2D eigenvalue weighted by Gasteiger charge is -2.34. The molecule has 0 amide bonds. The van der Waals surface area contributed by atoms with Gasteiger partial charge in [0.15, 0.2) is 0 Å². The van der Waals surface area contributed by atoms with E-state index >= 15 is 0 Å². The second-order valence-electron chi connectivity index (χ2n) is 8.99. The minimum atomic E-state index is 0.822. The Balaban J connectivity index is 1.43. The van der Waals surface area contributed by atoms with Gasteiger partial charge in [-0.1, -0.05) is 0 Å². The topological polar surface area (TPSA) is 86.0 Å². The summed E-state index contributed by atoms with van der Waals surface area (Å²) in [5.41, 5.74) is 7.81. The van der Waals surface area contributed by atoms with Crippen molar-refractivity contribution in [2.24, 2.45) is 0 Å². The first-order valence-corrected chi connectivity index (χ1v) is 11.5. The Labute approximate surface area is 197 Å². The van der Waals surface area contributed by atoms with Gasteiger partial charge in [0.05, 0.1) is 30.2 Å². The number of nitrogens with zero attached hydrogens (tertiary/aromatic N) is 5. The summed E-state index contributed by atoms with van der Waals surface area (Å²) in [6, 6.07) is 12.5. The molecule has 0 radical (unpaired) electrons. The zero-order chi connectivity index (χ0) is 23.2. The number of benzene rings is 1. The maximum atomic E-state index is 5.46. The number of fused-ring (bicyclic) bond motifs is 2. The highest BCUT2D eigenvalue weighted by Crippen LogP contribution is 2.34. The number of nitrogens with one attached hydrogen (secondary N) is 2. The van der Waals surface area contributed by atoms with Crippen molar-refractivity contribution in [2.45, 2.75) is 6.92 Å². The number of aryl methyl sites for hydroxylation is 1. The number of aromatic amines is 2. The molecule has 172 valence electrons. The van der Waals surface area contributed by atoms with E-state index in [1.165, 1.54) is 5.69 Å². The van der Waals surface area contributed by atoms with Crippen LogP contribution in [0.1, 0.15) is 5.56 Å². The van der Waals surface area contributed by atoms with Gasteiger partial charge < -0.3 is 19.5 Å². The van der Waals surface area contributed by atoms with Crippen LogP contribution in [0.5, 0.6) is 5.75 Å². The quantitative estimate of drug-likeness (QED) is 0.423. The number of pyridine rings is 2. The number of hydrogen-bond acceptors (Lipinski definition) is 6. The molecule has 1 aliphatic heterocycles. The van der Waals surface area contributed by atoms with E-state index in [4.69, 9.17) is 4.74 Å². The number of likely N-dealkylation sites (N-methyl/N-ethyl adjacent to an activating group) is 1. The van der Waals surface area contributed by atoms with Gasteiger partial charge in [-0.25, -0.2) is 4.98 Å². The average Bonchev–Trinajstić information content (AvgIpc) is 3.47. The van der Waals surface area contributed by atoms with E-state index in [-0.39, 0.29) is 0 Å². The molecule has 1 aliphatic rings. The van der Waals surface area contributed by atoms with Gasteiger partial charge in [0.25, 0.3) is 0 Å². The van der Waals surface area contributed by atoms with Crippen LogP contribution in [0.2, 0.25) is 0 Å². The van der Waals surface area contributed by atoms with E-state index in [9.17, 15) is 0 Å². The fraction of sp³-hybridized carbons (Fsp3) is 0.269. The third-order valence-corrected chi connectivity index (χ3v) is 6.64. The van der Waals surface area contributed by atoms with Crippen molar-refractivity contribution in [3.63, 3.8) is 0 Å². The summed E-state index contributed by atoms with van der Waals surface area (Å²) in [6.07, 6.45) is 3.72. The molecule has 0 bridgehead atoms. The monoisotopic (exact) mass is 453 g/mol. The maximum absolute atomic E-state index is 5.46. The predicted octanol–water partition coefficient (Wildman–Crippen LogP) is 4.24. The van der Waals surface area contributed by atoms with Gasteiger partial charge in [0, 0.05) is 54.4 Å². The predicted molar refractivity (Wildman–Crippen MR) is 135 cm³/mol. The van der Waals surface area contributed by atoms with Crippen LogP contribution in [0, 0.1) is 6.92 Å². The van der Waals surface area contributed by atoms with Crippen LogP contribution in [0.4, 0.5) is 5.69 Å². The summed E-state index contributed by atoms with van der Waals surface area (Å²) in [5, 5.41) is 9.90. The molecule has 8 heteroatoms. The highest BCUT2D eigenvalue weighted by atomic mass is 16.5. The third-order valence-electron chi connectivity index (χ3n) is 6.64. The zero-order valence-electron chi connectivity index (χ0n) is 19.6. The van der Waals surface area contributed by atoms with Gasteiger partial charge in [-0.2, -0.15) is 5.10 Å². The largest absolute Gasteiger partial charge is 0.497 e. The SMILES string of the molecule is COc1cc(C)cc(-c2cc3c(-c4cc5c(N6CCN(C)CC6)ccnc5[nH]4)n[nH]c3cn2)c1. The normalized spacial score (nSPS) is 14.9. The van der Waals surface area contributed by atoms with Gasteiger partial charge >= 0.3 is 0 Å². The van der Waals surface area contributed by atoms with E-state index in [1.807, 2.05) is 24.5 Å². The first kappa shape index (κ1) is 20.7. The van der Waals surface area contributed by atoms with Crippen LogP contribution < -0.4 is 9.64 Å². The van der Waals surface area contributed by atoms with Gasteiger partial charge in [-0.15, -0.1) is 0 Å². The standard InChI is InChI=1S/C26H27N7O/c1-16-10-17(12-18(11-16)34-3)21-13-19-23(15-28-21)30-31-25(19)22-14-20-24(4-5-27-26(20)29-22)33-8-6-32(2)7-9-33/h4-5,10-15H,6-9H2,1-3H3,(H,27,29)(H,30,31). The molecule has 0 aliphatic carbocycles. The van der Waals surface area contributed by atoms with Crippen LogP contribution in [-0.4, -0.2) is 70.4 Å². The van der Waals surface area contributed by atoms with Crippen LogP contribution in [0.15, 0.2) is 48.8 Å².